The Morgan fingerprint density at radius 2 is 1.86 bits per heavy atom. The van der Waals surface area contributed by atoms with Crippen LogP contribution in [0.25, 0.3) is 0 Å². The maximum atomic E-state index is 13.7. The molecule has 0 unspecified atom stereocenters. The van der Waals surface area contributed by atoms with E-state index >= 15 is 0 Å². The molecule has 158 valence electrons. The molecule has 0 saturated carbocycles. The number of benzene rings is 1. The van der Waals surface area contributed by atoms with Crippen LogP contribution in [0, 0.1) is 5.82 Å². The van der Waals surface area contributed by atoms with Crippen LogP contribution in [0.4, 0.5) is 27.5 Å². The summed E-state index contributed by atoms with van der Waals surface area (Å²) < 4.78 is 19.1. The van der Waals surface area contributed by atoms with E-state index in [4.69, 9.17) is 4.74 Å². The number of aromatic nitrogens is 2. The van der Waals surface area contributed by atoms with Gasteiger partial charge in [-0.15, -0.1) is 0 Å². The number of para-hydroxylation sites is 1. The summed E-state index contributed by atoms with van der Waals surface area (Å²) in [4.78, 5) is 11.4. The molecule has 1 aromatic carbocycles. The summed E-state index contributed by atoms with van der Waals surface area (Å²) in [6.45, 7) is 9.64. The van der Waals surface area contributed by atoms with Crippen molar-refractivity contribution in [3.8, 4) is 0 Å². The Bertz CT molecular complexity index is 768. The van der Waals surface area contributed by atoms with Crippen molar-refractivity contribution in [3.63, 3.8) is 0 Å². The Morgan fingerprint density at radius 1 is 1.10 bits per heavy atom. The number of morpholine rings is 1. The fourth-order valence-corrected chi connectivity index (χ4v) is 2.97. The fourth-order valence-electron chi connectivity index (χ4n) is 2.97. The van der Waals surface area contributed by atoms with E-state index in [-0.39, 0.29) is 11.9 Å². The summed E-state index contributed by atoms with van der Waals surface area (Å²) in [5.74, 6) is 0.999. The van der Waals surface area contributed by atoms with Crippen molar-refractivity contribution in [2.45, 2.75) is 19.9 Å². The normalized spacial score (nSPS) is 14.6. The van der Waals surface area contributed by atoms with Crippen LogP contribution >= 0.6 is 0 Å². The summed E-state index contributed by atoms with van der Waals surface area (Å²) in [5, 5.41) is 12.9. The van der Waals surface area contributed by atoms with Crippen molar-refractivity contribution in [2.24, 2.45) is 0 Å². The molecule has 3 rings (SSSR count). The molecule has 0 bridgehead atoms. The lowest BCUT2D eigenvalue weighted by atomic mass is 10.3. The van der Waals surface area contributed by atoms with Crippen LogP contribution in [-0.2, 0) is 4.74 Å². The van der Waals surface area contributed by atoms with E-state index in [2.05, 4.69) is 50.0 Å². The molecule has 1 fully saturated rings. The predicted molar refractivity (Wildman–Crippen MR) is 115 cm³/mol. The van der Waals surface area contributed by atoms with Crippen LogP contribution in [0.15, 0.2) is 30.5 Å². The van der Waals surface area contributed by atoms with Crippen molar-refractivity contribution >= 4 is 23.1 Å². The molecular formula is C20H30FN7O. The maximum absolute atomic E-state index is 13.7. The van der Waals surface area contributed by atoms with Crippen molar-refractivity contribution in [1.29, 1.82) is 0 Å². The average Bonchev–Trinajstić information content (AvgIpc) is 2.71. The van der Waals surface area contributed by atoms with Gasteiger partial charge in [0.05, 0.1) is 37.5 Å². The van der Waals surface area contributed by atoms with Crippen LogP contribution in [0.3, 0.4) is 0 Å². The van der Waals surface area contributed by atoms with E-state index < -0.39 is 0 Å². The zero-order chi connectivity index (χ0) is 20.5. The van der Waals surface area contributed by atoms with E-state index in [1.807, 2.05) is 0 Å². The van der Waals surface area contributed by atoms with Crippen LogP contribution < -0.4 is 21.3 Å². The third-order valence-corrected chi connectivity index (χ3v) is 4.46. The first kappa shape index (κ1) is 21.1. The smallest absolute Gasteiger partial charge is 0.224 e. The van der Waals surface area contributed by atoms with Crippen LogP contribution in [-0.4, -0.2) is 67.0 Å². The molecule has 2 heterocycles. The second kappa shape index (κ2) is 10.8. The molecule has 9 heteroatoms. The predicted octanol–water partition coefficient (Wildman–Crippen LogP) is 2.66. The first-order valence-corrected chi connectivity index (χ1v) is 10.0. The highest BCUT2D eigenvalue weighted by Gasteiger charge is 2.11. The van der Waals surface area contributed by atoms with Gasteiger partial charge >= 0.3 is 0 Å². The molecule has 4 N–H and O–H groups in total. The minimum atomic E-state index is -0.286. The SMILES string of the molecule is CC(C)Nc1nc(NCCN2CCOCC2)ncc1NCNc1ccccc1F. The first-order valence-electron chi connectivity index (χ1n) is 10.0. The number of ether oxygens (including phenoxy) is 1. The van der Waals surface area contributed by atoms with Crippen LogP contribution in [0.1, 0.15) is 13.8 Å². The van der Waals surface area contributed by atoms with Gasteiger partial charge in [-0.05, 0) is 26.0 Å². The van der Waals surface area contributed by atoms with Crippen molar-refractivity contribution in [3.05, 3.63) is 36.3 Å². The lowest BCUT2D eigenvalue weighted by Gasteiger charge is -2.26. The number of hydrogen-bond acceptors (Lipinski definition) is 8. The van der Waals surface area contributed by atoms with Crippen molar-refractivity contribution < 1.29 is 9.13 Å². The van der Waals surface area contributed by atoms with Gasteiger partial charge in [0.2, 0.25) is 5.95 Å². The largest absolute Gasteiger partial charge is 0.379 e. The molecule has 1 aliphatic rings. The number of nitrogens with one attached hydrogen (secondary N) is 4. The zero-order valence-electron chi connectivity index (χ0n) is 17.0. The highest BCUT2D eigenvalue weighted by atomic mass is 19.1. The standard InChI is InChI=1S/C20H30FN7O/c1-15(2)26-19-18(25-14-24-17-6-4-3-5-16(17)21)13-23-20(27-19)22-7-8-28-9-11-29-12-10-28/h3-6,13,15,24-25H,7-12,14H2,1-2H3,(H2,22,23,26,27). The maximum Gasteiger partial charge on any atom is 0.224 e. The van der Waals surface area contributed by atoms with E-state index in [9.17, 15) is 4.39 Å². The third-order valence-electron chi connectivity index (χ3n) is 4.46. The van der Waals surface area contributed by atoms with Gasteiger partial charge in [-0.25, -0.2) is 9.37 Å². The minimum Gasteiger partial charge on any atom is -0.379 e. The van der Waals surface area contributed by atoms with Crippen LogP contribution in [0.2, 0.25) is 0 Å². The summed E-state index contributed by atoms with van der Waals surface area (Å²) >= 11 is 0. The topological polar surface area (TPSA) is 86.4 Å². The second-order valence-electron chi connectivity index (χ2n) is 7.15. The molecule has 0 aliphatic carbocycles. The number of halogens is 1. The van der Waals surface area contributed by atoms with Gasteiger partial charge < -0.3 is 26.0 Å². The summed E-state index contributed by atoms with van der Waals surface area (Å²) in [6.07, 6.45) is 1.73. The van der Waals surface area contributed by atoms with Crippen LogP contribution in [0.5, 0.6) is 0 Å². The van der Waals surface area contributed by atoms with Gasteiger partial charge in [-0.3, -0.25) is 4.90 Å². The second-order valence-corrected chi connectivity index (χ2v) is 7.15. The Hall–Kier alpha value is -2.65. The molecule has 2 aromatic rings. The fraction of sp³-hybridized carbons (Fsp3) is 0.500. The van der Waals surface area contributed by atoms with Gasteiger partial charge in [-0.2, -0.15) is 4.98 Å². The van der Waals surface area contributed by atoms with E-state index in [0.717, 1.165) is 45.1 Å². The third kappa shape index (κ3) is 6.72. The number of hydrogen-bond donors (Lipinski definition) is 4. The summed E-state index contributed by atoms with van der Waals surface area (Å²) in [5.41, 5.74) is 1.20. The quantitative estimate of drug-likeness (QED) is 0.451. The van der Waals surface area contributed by atoms with Gasteiger partial charge in [0.15, 0.2) is 5.82 Å². The molecule has 1 aromatic heterocycles. The molecule has 1 aliphatic heterocycles. The Labute approximate surface area is 171 Å². The van der Waals surface area contributed by atoms with E-state index in [0.29, 0.717) is 24.1 Å². The van der Waals surface area contributed by atoms with Gasteiger partial charge in [0, 0.05) is 32.2 Å². The minimum absolute atomic E-state index is 0.214. The van der Waals surface area contributed by atoms with Gasteiger partial charge in [-0.1, -0.05) is 12.1 Å². The van der Waals surface area contributed by atoms with Crippen molar-refractivity contribution in [1.82, 2.24) is 14.9 Å². The molecule has 0 atom stereocenters. The molecule has 8 nitrogen and oxygen atoms in total. The molecule has 0 spiro atoms. The van der Waals surface area contributed by atoms with Crippen molar-refractivity contribution in [2.75, 3.05) is 67.3 Å². The number of nitrogens with zero attached hydrogens (tertiary/aromatic N) is 3. The molecule has 29 heavy (non-hydrogen) atoms. The Morgan fingerprint density at radius 3 is 2.62 bits per heavy atom. The summed E-state index contributed by atoms with van der Waals surface area (Å²) in [6, 6.07) is 6.79. The monoisotopic (exact) mass is 403 g/mol. The highest BCUT2D eigenvalue weighted by molar-refractivity contribution is 5.65. The van der Waals surface area contributed by atoms with Gasteiger partial charge in [0.25, 0.3) is 0 Å². The average molecular weight is 404 g/mol. The molecule has 0 amide bonds. The first-order chi connectivity index (χ1) is 14.1. The zero-order valence-corrected chi connectivity index (χ0v) is 17.0. The number of anilines is 4. The van der Waals surface area contributed by atoms with E-state index in [1.54, 1.807) is 24.4 Å². The van der Waals surface area contributed by atoms with Gasteiger partial charge in [0.1, 0.15) is 5.82 Å². The molecule has 0 radical (unpaired) electrons. The Balaban J connectivity index is 1.55. The lowest BCUT2D eigenvalue weighted by Crippen LogP contribution is -2.39. The number of rotatable bonds is 10. The Kier molecular flexibility index (Phi) is 7.83. The highest BCUT2D eigenvalue weighted by Crippen LogP contribution is 2.21. The van der Waals surface area contributed by atoms with E-state index in [1.165, 1.54) is 6.07 Å². The molecular weight excluding hydrogens is 373 g/mol. The molecule has 1 saturated heterocycles. The lowest BCUT2D eigenvalue weighted by molar-refractivity contribution is 0.0398. The summed E-state index contributed by atoms with van der Waals surface area (Å²) in [7, 11) is 0.